The molecule has 0 spiro atoms. The lowest BCUT2D eigenvalue weighted by atomic mass is 9.46. The molecule has 1 aromatic carbocycles. The van der Waals surface area contributed by atoms with Gasteiger partial charge in [0.1, 0.15) is 17.7 Å². The number of aromatic nitrogens is 1. The molecule has 1 aliphatic heterocycles. The van der Waals surface area contributed by atoms with Gasteiger partial charge in [-0.15, -0.1) is 0 Å². The number of nitrogens with one attached hydrogen (secondary N) is 2. The Morgan fingerprint density at radius 2 is 1.97 bits per heavy atom. The summed E-state index contributed by atoms with van der Waals surface area (Å²) in [6.45, 7) is 0. The average molecular weight is 516 g/mol. The molecule has 2 aromatic rings. The zero-order valence-corrected chi connectivity index (χ0v) is 22.0. The van der Waals surface area contributed by atoms with E-state index in [1.807, 2.05) is 36.3 Å². The lowest BCUT2D eigenvalue weighted by Crippen LogP contribution is -2.66. The van der Waals surface area contributed by atoms with Gasteiger partial charge in [0.2, 0.25) is 5.91 Å². The van der Waals surface area contributed by atoms with Crippen molar-refractivity contribution in [3.05, 3.63) is 36.0 Å². The van der Waals surface area contributed by atoms with Crippen LogP contribution in [0.2, 0.25) is 0 Å². The summed E-state index contributed by atoms with van der Waals surface area (Å²) in [7, 11) is 1.81. The zero-order valence-electron chi connectivity index (χ0n) is 22.0. The van der Waals surface area contributed by atoms with Gasteiger partial charge in [-0.3, -0.25) is 9.59 Å². The number of hydrogen-bond acceptors (Lipinski definition) is 6. The zero-order chi connectivity index (χ0) is 26.2. The van der Waals surface area contributed by atoms with Gasteiger partial charge in [-0.25, -0.2) is 0 Å². The molecule has 6 unspecified atom stereocenters. The number of nitrogens with two attached hydrogens (primary N) is 1. The molecule has 38 heavy (non-hydrogen) atoms. The first-order valence-electron chi connectivity index (χ1n) is 14.3. The molecule has 8 heteroatoms. The topological polar surface area (TPSA) is 124 Å². The molecular weight excluding hydrogens is 478 g/mol. The number of likely N-dealkylation sites (tertiary alicyclic amines) is 1. The lowest BCUT2D eigenvalue weighted by molar-refractivity contribution is -0.207. The SMILES string of the molecule is CNC(Cc1c[nH]c2ccccc12)C(=O)OC12CC3C[C@H](C1)CC([C@H](N)C(=O)N1C4CC4C[C@H]1C#N)(C3)C2. The first-order valence-corrected chi connectivity index (χ1v) is 14.3. The Morgan fingerprint density at radius 3 is 2.71 bits per heavy atom. The molecule has 0 radical (unpaired) electrons. The van der Waals surface area contributed by atoms with Gasteiger partial charge in [-0.2, -0.15) is 5.26 Å². The second-order valence-electron chi connectivity index (χ2n) is 13.0. The number of carbonyl (C=O) groups is 2. The summed E-state index contributed by atoms with van der Waals surface area (Å²) < 4.78 is 6.47. The Morgan fingerprint density at radius 1 is 1.21 bits per heavy atom. The van der Waals surface area contributed by atoms with Crippen LogP contribution in [0.1, 0.15) is 56.9 Å². The van der Waals surface area contributed by atoms with Crippen molar-refractivity contribution in [2.75, 3.05) is 7.05 Å². The maximum absolute atomic E-state index is 13.8. The van der Waals surface area contributed by atoms with Crippen molar-refractivity contribution in [3.63, 3.8) is 0 Å². The third kappa shape index (κ3) is 3.70. The quantitative estimate of drug-likeness (QED) is 0.487. The van der Waals surface area contributed by atoms with Crippen molar-refractivity contribution < 1.29 is 14.3 Å². The van der Waals surface area contributed by atoms with E-state index in [4.69, 9.17) is 10.5 Å². The molecule has 9 atom stereocenters. The summed E-state index contributed by atoms with van der Waals surface area (Å²) >= 11 is 0. The van der Waals surface area contributed by atoms with E-state index in [-0.39, 0.29) is 29.4 Å². The Kier molecular flexibility index (Phi) is 5.44. The molecule has 5 aliphatic carbocycles. The number of para-hydroxylation sites is 1. The molecule has 6 fully saturated rings. The van der Waals surface area contributed by atoms with Gasteiger partial charge in [0, 0.05) is 29.6 Å². The Hall–Kier alpha value is -2.89. The van der Waals surface area contributed by atoms with Crippen LogP contribution in [-0.2, 0) is 20.7 Å². The van der Waals surface area contributed by atoms with Gasteiger partial charge in [0.05, 0.1) is 12.1 Å². The van der Waals surface area contributed by atoms with E-state index in [2.05, 4.69) is 22.4 Å². The molecule has 6 aliphatic rings. The number of nitriles is 1. The number of H-pyrrole nitrogens is 1. The second-order valence-corrected chi connectivity index (χ2v) is 13.0. The van der Waals surface area contributed by atoms with Gasteiger partial charge in [0.25, 0.3) is 0 Å². The van der Waals surface area contributed by atoms with Crippen LogP contribution in [-0.4, -0.2) is 58.6 Å². The molecule has 8 nitrogen and oxygen atoms in total. The summed E-state index contributed by atoms with van der Waals surface area (Å²) in [6.07, 6.45) is 9.62. The summed E-state index contributed by atoms with van der Waals surface area (Å²) in [5.41, 5.74) is 8.08. The molecular formula is C30H37N5O3. The molecule has 2 heterocycles. The molecule has 4 bridgehead atoms. The van der Waals surface area contributed by atoms with E-state index in [0.717, 1.165) is 61.4 Å². The van der Waals surface area contributed by atoms with Crippen LogP contribution >= 0.6 is 0 Å². The van der Waals surface area contributed by atoms with Crippen LogP contribution in [0.3, 0.4) is 0 Å². The van der Waals surface area contributed by atoms with Crippen molar-refractivity contribution in [1.82, 2.24) is 15.2 Å². The predicted octanol–water partition coefficient (Wildman–Crippen LogP) is 3.02. The van der Waals surface area contributed by atoms with E-state index < -0.39 is 17.7 Å². The normalized spacial score (nSPS) is 38.0. The fourth-order valence-electron chi connectivity index (χ4n) is 9.15. The standard InChI is InChI=1S/C30H37N5O3/c1-33-24(8-20-15-34-23-5-3-2-4-22(20)23)28(37)38-30-12-17-6-18(13-30)11-29(10-17,16-30)26(32)27(36)35-21(14-31)7-19-9-25(19)35/h2-5,15,17-19,21,24-26,33-34H,6-13,16,32H2,1H3/t17-,18?,19?,21-,24?,25?,26+,29?,30?/m0/s1. The van der Waals surface area contributed by atoms with Crippen molar-refractivity contribution in [1.29, 1.82) is 5.26 Å². The largest absolute Gasteiger partial charge is 0.458 e. The van der Waals surface area contributed by atoms with Crippen molar-refractivity contribution in [3.8, 4) is 6.07 Å². The van der Waals surface area contributed by atoms with Crippen LogP contribution in [0, 0.1) is 34.5 Å². The Balaban J connectivity index is 1.10. The van der Waals surface area contributed by atoms with Crippen LogP contribution in [0.5, 0.6) is 0 Å². The fraction of sp³-hybridized carbons (Fsp3) is 0.633. The van der Waals surface area contributed by atoms with Crippen LogP contribution in [0.4, 0.5) is 0 Å². The number of benzene rings is 1. The number of esters is 1. The molecule has 1 saturated heterocycles. The molecule has 200 valence electrons. The number of fused-ring (bicyclic) bond motifs is 2. The van der Waals surface area contributed by atoms with Crippen LogP contribution in [0.15, 0.2) is 30.5 Å². The van der Waals surface area contributed by atoms with Crippen LogP contribution < -0.4 is 11.1 Å². The maximum atomic E-state index is 13.8. The van der Waals surface area contributed by atoms with Crippen LogP contribution in [0.25, 0.3) is 10.9 Å². The minimum Gasteiger partial charge on any atom is -0.458 e. The molecule has 1 aromatic heterocycles. The third-order valence-corrected chi connectivity index (χ3v) is 10.5. The van der Waals surface area contributed by atoms with E-state index in [1.165, 1.54) is 0 Å². The summed E-state index contributed by atoms with van der Waals surface area (Å²) in [4.78, 5) is 32.5. The number of likely N-dealkylation sites (N-methyl/N-ethyl adjacent to an activating group) is 1. The minimum atomic E-state index is -0.645. The first kappa shape index (κ1) is 24.2. The molecule has 5 saturated carbocycles. The van der Waals surface area contributed by atoms with Gasteiger partial charge >= 0.3 is 5.97 Å². The fourth-order valence-corrected chi connectivity index (χ4v) is 9.15. The minimum absolute atomic E-state index is 0.0580. The number of hydrogen-bond donors (Lipinski definition) is 3. The van der Waals surface area contributed by atoms with Crippen molar-refractivity contribution >= 4 is 22.8 Å². The monoisotopic (exact) mass is 515 g/mol. The van der Waals surface area contributed by atoms with E-state index in [0.29, 0.717) is 30.6 Å². The van der Waals surface area contributed by atoms with Gasteiger partial charge in [-0.1, -0.05) is 18.2 Å². The molecule has 8 rings (SSSR count). The number of piperidine rings is 1. The number of rotatable bonds is 7. The maximum Gasteiger partial charge on any atom is 0.324 e. The summed E-state index contributed by atoms with van der Waals surface area (Å²) in [5, 5.41) is 14.0. The Labute approximate surface area is 223 Å². The van der Waals surface area contributed by atoms with Gasteiger partial charge in [-0.05, 0) is 93.2 Å². The number of nitrogens with zero attached hydrogens (tertiary/aromatic N) is 2. The average Bonchev–Trinajstić information content (AvgIpc) is 3.37. The van der Waals surface area contributed by atoms with Gasteiger partial charge < -0.3 is 25.7 Å². The smallest absolute Gasteiger partial charge is 0.324 e. The highest BCUT2D eigenvalue weighted by Crippen LogP contribution is 2.64. The number of carbonyl (C=O) groups excluding carboxylic acids is 2. The number of amides is 1. The summed E-state index contributed by atoms with van der Waals surface area (Å²) in [6, 6.07) is 9.20. The number of ether oxygens (including phenoxy) is 1. The summed E-state index contributed by atoms with van der Waals surface area (Å²) in [5.74, 6) is 1.03. The van der Waals surface area contributed by atoms with Gasteiger partial charge in [0.15, 0.2) is 0 Å². The predicted molar refractivity (Wildman–Crippen MR) is 142 cm³/mol. The van der Waals surface area contributed by atoms with E-state index in [9.17, 15) is 14.9 Å². The van der Waals surface area contributed by atoms with Crippen molar-refractivity contribution in [2.24, 2.45) is 28.9 Å². The lowest BCUT2D eigenvalue weighted by Gasteiger charge is -2.62. The molecule has 1 amide bonds. The highest BCUT2D eigenvalue weighted by Gasteiger charge is 2.64. The molecule has 4 N–H and O–H groups in total. The second kappa shape index (κ2) is 8.56. The highest BCUT2D eigenvalue weighted by atomic mass is 16.6. The number of aromatic amines is 1. The third-order valence-electron chi connectivity index (χ3n) is 10.5. The van der Waals surface area contributed by atoms with Crippen molar-refractivity contribution in [2.45, 2.75) is 87.6 Å². The highest BCUT2D eigenvalue weighted by molar-refractivity contribution is 5.85. The van der Waals surface area contributed by atoms with E-state index >= 15 is 0 Å². The Bertz CT molecular complexity index is 1310. The first-order chi connectivity index (χ1) is 18.3. The van der Waals surface area contributed by atoms with E-state index in [1.54, 1.807) is 0 Å².